The summed E-state index contributed by atoms with van der Waals surface area (Å²) in [5, 5.41) is 7.27. The van der Waals surface area contributed by atoms with Crippen LogP contribution in [0.25, 0.3) is 0 Å². The summed E-state index contributed by atoms with van der Waals surface area (Å²) in [5.41, 5.74) is -0.165. The Labute approximate surface area is 149 Å². The molecule has 1 aromatic heterocycles. The van der Waals surface area contributed by atoms with Gasteiger partial charge in [0.25, 0.3) is 5.91 Å². The van der Waals surface area contributed by atoms with Crippen LogP contribution in [-0.4, -0.2) is 29.9 Å². The van der Waals surface area contributed by atoms with Crippen molar-refractivity contribution in [3.05, 3.63) is 52.0 Å². The zero-order valence-electron chi connectivity index (χ0n) is 13.1. The van der Waals surface area contributed by atoms with Crippen LogP contribution in [-0.2, 0) is 14.2 Å². The molecule has 12 heteroatoms. The average Bonchev–Trinajstić information content (AvgIpc) is 3.08. The fourth-order valence-corrected chi connectivity index (χ4v) is 3.32. The number of nitrogens with one attached hydrogen (secondary N) is 1. The SMILES string of the molecule is CO/N=C(/C(=O)NCP(=O)(O)Oc1c(F)cc(F)cc1F)c1cccs1. The fourth-order valence-electron chi connectivity index (χ4n) is 1.75. The molecule has 0 aliphatic rings. The van der Waals surface area contributed by atoms with Gasteiger partial charge in [-0.25, -0.2) is 17.7 Å². The summed E-state index contributed by atoms with van der Waals surface area (Å²) < 4.78 is 56.2. The molecule has 1 heterocycles. The normalized spacial score (nSPS) is 13.8. The molecule has 1 atom stereocenters. The summed E-state index contributed by atoms with van der Waals surface area (Å²) in [5.74, 6) is -6.31. The van der Waals surface area contributed by atoms with Gasteiger partial charge in [-0.2, -0.15) is 0 Å². The minimum atomic E-state index is -4.70. The molecule has 0 aliphatic heterocycles. The number of hydrogen-bond donors (Lipinski definition) is 2. The molecule has 0 saturated heterocycles. The Morgan fingerprint density at radius 3 is 2.54 bits per heavy atom. The molecule has 0 radical (unpaired) electrons. The molecule has 7 nitrogen and oxygen atoms in total. The number of nitrogens with zero attached hydrogens (tertiary/aromatic N) is 1. The number of halogens is 3. The Balaban J connectivity index is 2.09. The van der Waals surface area contributed by atoms with E-state index in [-0.39, 0.29) is 17.8 Å². The second-order valence-corrected chi connectivity index (χ2v) is 7.41. The molecule has 2 rings (SSSR count). The first kappa shape index (κ1) is 20.0. The lowest BCUT2D eigenvalue weighted by atomic mass is 10.3. The number of carbonyl (C=O) groups is 1. The lowest BCUT2D eigenvalue weighted by Gasteiger charge is -2.15. The molecule has 140 valence electrons. The maximum absolute atomic E-state index is 13.5. The lowest BCUT2D eigenvalue weighted by molar-refractivity contribution is -0.114. The standard InChI is InChI=1S/C14H12F3N2O5PS/c1-23-19-12(11-3-2-4-26-11)14(20)18-7-25(21,22)24-13-9(16)5-8(15)6-10(13)17/h2-6H,7H2,1H3,(H,18,20)(H,21,22)/b19-12+. The van der Waals surface area contributed by atoms with Crippen molar-refractivity contribution in [2.24, 2.45) is 5.16 Å². The molecular weight excluding hydrogens is 396 g/mol. The number of amides is 1. The monoisotopic (exact) mass is 408 g/mol. The highest BCUT2D eigenvalue weighted by atomic mass is 32.1. The Hall–Kier alpha value is -2.36. The van der Waals surface area contributed by atoms with Crippen molar-refractivity contribution in [3.8, 4) is 5.75 Å². The van der Waals surface area contributed by atoms with E-state index in [1.807, 2.05) is 0 Å². The van der Waals surface area contributed by atoms with Crippen LogP contribution in [0.3, 0.4) is 0 Å². The van der Waals surface area contributed by atoms with Crippen molar-refractivity contribution >= 4 is 30.6 Å². The molecule has 0 saturated carbocycles. The highest BCUT2D eigenvalue weighted by molar-refractivity contribution is 7.53. The van der Waals surface area contributed by atoms with Gasteiger partial charge in [-0.15, -0.1) is 11.3 Å². The Bertz CT molecular complexity index is 852. The smallest absolute Gasteiger partial charge is 0.395 e. The third-order valence-electron chi connectivity index (χ3n) is 2.79. The molecule has 2 aromatic rings. The molecule has 0 aliphatic carbocycles. The van der Waals surface area contributed by atoms with Crippen LogP contribution in [0, 0.1) is 17.5 Å². The van der Waals surface area contributed by atoms with Gasteiger partial charge in [0.2, 0.25) is 5.75 Å². The van der Waals surface area contributed by atoms with Crippen molar-refractivity contribution in [1.82, 2.24) is 5.32 Å². The molecule has 0 fully saturated rings. The second kappa shape index (κ2) is 8.35. The molecule has 26 heavy (non-hydrogen) atoms. The van der Waals surface area contributed by atoms with Crippen molar-refractivity contribution in [3.63, 3.8) is 0 Å². The molecule has 1 amide bonds. The van der Waals surface area contributed by atoms with Crippen LogP contribution in [0.5, 0.6) is 5.75 Å². The summed E-state index contributed by atoms with van der Waals surface area (Å²) in [6, 6.07) is 3.80. The van der Waals surface area contributed by atoms with E-state index in [9.17, 15) is 27.4 Å². The number of benzene rings is 1. The lowest BCUT2D eigenvalue weighted by Crippen LogP contribution is -2.32. The van der Waals surface area contributed by atoms with Crippen molar-refractivity contribution in [2.75, 3.05) is 13.4 Å². The predicted molar refractivity (Wildman–Crippen MR) is 87.6 cm³/mol. The Morgan fingerprint density at radius 2 is 2.00 bits per heavy atom. The zero-order chi connectivity index (χ0) is 19.3. The Morgan fingerprint density at radius 1 is 1.35 bits per heavy atom. The summed E-state index contributed by atoms with van der Waals surface area (Å²) in [6.07, 6.45) is -0.976. The van der Waals surface area contributed by atoms with E-state index >= 15 is 0 Å². The van der Waals surface area contributed by atoms with Crippen LogP contribution in [0.4, 0.5) is 13.2 Å². The van der Waals surface area contributed by atoms with E-state index in [1.54, 1.807) is 17.5 Å². The number of carbonyl (C=O) groups excluding carboxylic acids is 1. The van der Waals surface area contributed by atoms with Crippen LogP contribution >= 0.6 is 18.9 Å². The first-order chi connectivity index (χ1) is 12.2. The minimum absolute atomic E-state index is 0.165. The predicted octanol–water partition coefficient (Wildman–Crippen LogP) is 2.85. The Kier molecular flexibility index (Phi) is 6.41. The second-order valence-electron chi connectivity index (χ2n) is 4.69. The highest BCUT2D eigenvalue weighted by Crippen LogP contribution is 2.43. The van der Waals surface area contributed by atoms with Crippen molar-refractivity contribution < 1.29 is 36.8 Å². The van der Waals surface area contributed by atoms with Gasteiger partial charge in [-0.05, 0) is 11.4 Å². The number of hydrogen-bond acceptors (Lipinski definition) is 6. The summed E-state index contributed by atoms with van der Waals surface area (Å²) in [4.78, 5) is 26.8. The molecule has 2 N–H and O–H groups in total. The van der Waals surface area contributed by atoms with Crippen LogP contribution in [0.1, 0.15) is 4.88 Å². The van der Waals surface area contributed by atoms with E-state index in [4.69, 9.17) is 0 Å². The van der Waals surface area contributed by atoms with E-state index in [0.29, 0.717) is 4.88 Å². The average molecular weight is 408 g/mol. The highest BCUT2D eigenvalue weighted by Gasteiger charge is 2.28. The van der Waals surface area contributed by atoms with Gasteiger partial charge in [0.05, 0.1) is 4.88 Å². The summed E-state index contributed by atoms with van der Waals surface area (Å²) in [7, 11) is -3.49. The first-order valence-electron chi connectivity index (χ1n) is 6.82. The largest absolute Gasteiger partial charge is 0.417 e. The van der Waals surface area contributed by atoms with Gasteiger partial charge < -0.3 is 19.6 Å². The zero-order valence-corrected chi connectivity index (χ0v) is 14.8. The third kappa shape index (κ3) is 5.07. The molecule has 0 bridgehead atoms. The van der Waals surface area contributed by atoms with E-state index in [1.165, 1.54) is 18.4 Å². The number of rotatable bonds is 7. The topological polar surface area (TPSA) is 97.2 Å². The van der Waals surface area contributed by atoms with E-state index < -0.39 is 43.0 Å². The van der Waals surface area contributed by atoms with Gasteiger partial charge in [0.1, 0.15) is 19.2 Å². The van der Waals surface area contributed by atoms with Crippen LogP contribution in [0.2, 0.25) is 0 Å². The minimum Gasteiger partial charge on any atom is -0.417 e. The summed E-state index contributed by atoms with van der Waals surface area (Å²) >= 11 is 1.17. The third-order valence-corrected chi connectivity index (χ3v) is 4.69. The van der Waals surface area contributed by atoms with Gasteiger partial charge >= 0.3 is 7.60 Å². The first-order valence-corrected chi connectivity index (χ1v) is 9.47. The molecule has 0 spiro atoms. The van der Waals surface area contributed by atoms with Gasteiger partial charge in [-0.3, -0.25) is 4.79 Å². The van der Waals surface area contributed by atoms with Gasteiger partial charge in [0, 0.05) is 12.1 Å². The van der Waals surface area contributed by atoms with Crippen molar-refractivity contribution in [2.45, 2.75) is 0 Å². The quantitative estimate of drug-likeness (QED) is 0.417. The molecule has 1 aromatic carbocycles. The van der Waals surface area contributed by atoms with E-state index in [0.717, 1.165) is 0 Å². The maximum Gasteiger partial charge on any atom is 0.395 e. The van der Waals surface area contributed by atoms with Crippen LogP contribution < -0.4 is 9.84 Å². The number of oxime groups is 1. The van der Waals surface area contributed by atoms with Gasteiger partial charge in [-0.1, -0.05) is 11.2 Å². The number of thiophene rings is 1. The summed E-state index contributed by atoms with van der Waals surface area (Å²) in [6.45, 7) is 0. The van der Waals surface area contributed by atoms with Crippen molar-refractivity contribution in [1.29, 1.82) is 0 Å². The molecular formula is C14H12F3N2O5PS. The van der Waals surface area contributed by atoms with Gasteiger partial charge in [0.15, 0.2) is 17.3 Å². The fraction of sp³-hybridized carbons (Fsp3) is 0.143. The maximum atomic E-state index is 13.5. The van der Waals surface area contributed by atoms with Crippen LogP contribution in [0.15, 0.2) is 34.8 Å². The molecule has 1 unspecified atom stereocenters. The van der Waals surface area contributed by atoms with E-state index in [2.05, 4.69) is 19.8 Å².